The molecule has 0 saturated heterocycles. The highest BCUT2D eigenvalue weighted by molar-refractivity contribution is 5.92. The number of carbonyl (C=O) groups excluding carboxylic acids is 1. The highest BCUT2D eigenvalue weighted by Crippen LogP contribution is 2.23. The number of hydrogen-bond acceptors (Lipinski definition) is 3. The van der Waals surface area contributed by atoms with Crippen molar-refractivity contribution >= 4 is 22.5 Å². The summed E-state index contributed by atoms with van der Waals surface area (Å²) in [5.41, 5.74) is 3.76. The molecule has 1 heterocycles. The predicted molar refractivity (Wildman–Crippen MR) is 91.8 cm³/mol. The molecule has 4 nitrogen and oxygen atoms in total. The van der Waals surface area contributed by atoms with Crippen LogP contribution in [0.5, 0.6) is 5.75 Å². The lowest BCUT2D eigenvalue weighted by molar-refractivity contribution is -0.118. The van der Waals surface area contributed by atoms with Crippen LogP contribution in [-0.4, -0.2) is 17.5 Å². The quantitative estimate of drug-likeness (QED) is 0.796. The summed E-state index contributed by atoms with van der Waals surface area (Å²) in [6.07, 6.45) is 1.71. The van der Waals surface area contributed by atoms with Crippen LogP contribution in [0, 0.1) is 13.8 Å². The largest absolute Gasteiger partial charge is 0.481 e. The number of rotatable bonds is 4. The summed E-state index contributed by atoms with van der Waals surface area (Å²) < 4.78 is 5.64. The Morgan fingerprint density at radius 1 is 1.09 bits per heavy atom. The van der Waals surface area contributed by atoms with Gasteiger partial charge in [0.05, 0.1) is 0 Å². The molecular formula is C19H18N2O2. The monoisotopic (exact) mass is 306 g/mol. The van der Waals surface area contributed by atoms with E-state index in [-0.39, 0.29) is 12.5 Å². The lowest BCUT2D eigenvalue weighted by Gasteiger charge is -2.10. The van der Waals surface area contributed by atoms with Crippen LogP contribution in [0.4, 0.5) is 5.69 Å². The summed E-state index contributed by atoms with van der Waals surface area (Å²) in [5, 5.41) is 3.84. The van der Waals surface area contributed by atoms with Crippen molar-refractivity contribution in [3.05, 3.63) is 65.9 Å². The van der Waals surface area contributed by atoms with Crippen LogP contribution in [0.25, 0.3) is 10.9 Å². The summed E-state index contributed by atoms with van der Waals surface area (Å²) in [5.74, 6) is 0.418. The number of fused-ring (bicyclic) bond motifs is 1. The smallest absolute Gasteiger partial charge is 0.262 e. The number of ether oxygens (including phenoxy) is 1. The van der Waals surface area contributed by atoms with Crippen molar-refractivity contribution in [3.63, 3.8) is 0 Å². The second-order valence-corrected chi connectivity index (χ2v) is 5.54. The van der Waals surface area contributed by atoms with Gasteiger partial charge in [-0.2, -0.15) is 0 Å². The number of amides is 1. The molecule has 3 aromatic rings. The molecule has 1 amide bonds. The van der Waals surface area contributed by atoms with Gasteiger partial charge in [-0.05, 0) is 49.2 Å². The van der Waals surface area contributed by atoms with Gasteiger partial charge in [-0.3, -0.25) is 9.78 Å². The van der Waals surface area contributed by atoms with Crippen molar-refractivity contribution in [2.24, 2.45) is 0 Å². The maximum Gasteiger partial charge on any atom is 0.262 e. The number of carbonyl (C=O) groups is 1. The molecule has 4 heteroatoms. The van der Waals surface area contributed by atoms with Gasteiger partial charge < -0.3 is 10.1 Å². The van der Waals surface area contributed by atoms with E-state index in [9.17, 15) is 4.79 Å². The molecule has 116 valence electrons. The van der Waals surface area contributed by atoms with Crippen LogP contribution in [0.1, 0.15) is 11.1 Å². The molecule has 0 fully saturated rings. The van der Waals surface area contributed by atoms with Gasteiger partial charge in [-0.1, -0.05) is 24.3 Å². The lowest BCUT2D eigenvalue weighted by Crippen LogP contribution is -2.20. The number of pyridine rings is 1. The van der Waals surface area contributed by atoms with E-state index in [1.54, 1.807) is 6.20 Å². The first-order valence-electron chi connectivity index (χ1n) is 7.46. The van der Waals surface area contributed by atoms with E-state index in [2.05, 4.69) is 16.4 Å². The first kappa shape index (κ1) is 15.0. The van der Waals surface area contributed by atoms with Crippen LogP contribution >= 0.6 is 0 Å². The number of nitrogens with one attached hydrogen (secondary N) is 1. The Morgan fingerprint density at radius 2 is 1.83 bits per heavy atom. The third-order valence-corrected chi connectivity index (χ3v) is 3.46. The molecule has 0 aliphatic rings. The number of benzene rings is 2. The van der Waals surface area contributed by atoms with Crippen LogP contribution in [0.2, 0.25) is 0 Å². The van der Waals surface area contributed by atoms with Crippen LogP contribution in [0.15, 0.2) is 54.7 Å². The number of para-hydroxylation sites is 1. The minimum atomic E-state index is -0.192. The van der Waals surface area contributed by atoms with Gasteiger partial charge in [-0.25, -0.2) is 0 Å². The molecular weight excluding hydrogens is 288 g/mol. The van der Waals surface area contributed by atoms with E-state index in [0.717, 1.165) is 27.7 Å². The van der Waals surface area contributed by atoms with Crippen LogP contribution in [0.3, 0.4) is 0 Å². The van der Waals surface area contributed by atoms with E-state index < -0.39 is 0 Å². The zero-order valence-corrected chi connectivity index (χ0v) is 13.2. The third kappa shape index (κ3) is 3.66. The molecule has 0 unspecified atom stereocenters. The van der Waals surface area contributed by atoms with Crippen LogP contribution < -0.4 is 10.1 Å². The molecule has 2 aromatic carbocycles. The Morgan fingerprint density at radius 3 is 2.61 bits per heavy atom. The standard InChI is InChI=1S/C19H18N2O2/c1-13-9-14(2)11-16(10-13)21-18(22)12-23-17-7-3-5-15-6-4-8-20-19(15)17/h3-11H,12H2,1-2H3,(H,21,22). The van der Waals surface area contributed by atoms with E-state index >= 15 is 0 Å². The van der Waals surface area contributed by atoms with Crippen molar-refractivity contribution in [1.29, 1.82) is 0 Å². The lowest BCUT2D eigenvalue weighted by atomic mass is 10.1. The zero-order valence-electron chi connectivity index (χ0n) is 13.2. The molecule has 3 rings (SSSR count). The highest BCUT2D eigenvalue weighted by Gasteiger charge is 2.07. The average Bonchev–Trinajstić information content (AvgIpc) is 2.52. The number of aromatic nitrogens is 1. The number of hydrogen-bond donors (Lipinski definition) is 1. The van der Waals surface area contributed by atoms with Gasteiger partial charge in [0.2, 0.25) is 0 Å². The normalized spacial score (nSPS) is 10.5. The van der Waals surface area contributed by atoms with Gasteiger partial charge in [0.1, 0.15) is 11.3 Å². The van der Waals surface area contributed by atoms with Crippen molar-refractivity contribution < 1.29 is 9.53 Å². The average molecular weight is 306 g/mol. The summed E-state index contributed by atoms with van der Waals surface area (Å²) in [7, 11) is 0. The van der Waals surface area contributed by atoms with Crippen LogP contribution in [-0.2, 0) is 4.79 Å². The molecule has 1 aromatic heterocycles. The minimum absolute atomic E-state index is 0.0529. The highest BCUT2D eigenvalue weighted by atomic mass is 16.5. The maximum absolute atomic E-state index is 12.1. The second kappa shape index (κ2) is 6.48. The maximum atomic E-state index is 12.1. The summed E-state index contributed by atoms with van der Waals surface area (Å²) in [6, 6.07) is 15.4. The molecule has 0 saturated carbocycles. The first-order chi connectivity index (χ1) is 11.1. The molecule has 0 spiro atoms. The molecule has 1 N–H and O–H groups in total. The summed E-state index contributed by atoms with van der Waals surface area (Å²) in [6.45, 7) is 3.95. The predicted octanol–water partition coefficient (Wildman–Crippen LogP) is 3.87. The SMILES string of the molecule is Cc1cc(C)cc(NC(=O)COc2cccc3cccnc23)c1. The van der Waals surface area contributed by atoms with Crippen molar-refractivity contribution in [2.45, 2.75) is 13.8 Å². The molecule has 23 heavy (non-hydrogen) atoms. The van der Waals surface area contributed by atoms with Gasteiger partial charge >= 0.3 is 0 Å². The summed E-state index contributed by atoms with van der Waals surface area (Å²) in [4.78, 5) is 16.4. The fraction of sp³-hybridized carbons (Fsp3) is 0.158. The molecule has 0 atom stereocenters. The van der Waals surface area contributed by atoms with E-state index in [0.29, 0.717) is 5.75 Å². The minimum Gasteiger partial charge on any atom is -0.481 e. The Labute approximate surface area is 135 Å². The molecule has 0 bridgehead atoms. The molecule has 0 radical (unpaired) electrons. The zero-order chi connectivity index (χ0) is 16.2. The fourth-order valence-electron chi connectivity index (χ4n) is 2.58. The number of nitrogens with zero attached hydrogens (tertiary/aromatic N) is 1. The Hall–Kier alpha value is -2.88. The van der Waals surface area contributed by atoms with Crippen molar-refractivity contribution in [1.82, 2.24) is 4.98 Å². The Kier molecular flexibility index (Phi) is 4.24. The first-order valence-corrected chi connectivity index (χ1v) is 7.46. The number of anilines is 1. The van der Waals surface area contributed by atoms with E-state index in [4.69, 9.17) is 4.74 Å². The summed E-state index contributed by atoms with van der Waals surface area (Å²) >= 11 is 0. The van der Waals surface area contributed by atoms with E-state index in [1.807, 2.05) is 56.3 Å². The third-order valence-electron chi connectivity index (χ3n) is 3.46. The Bertz CT molecular complexity index is 833. The topological polar surface area (TPSA) is 51.2 Å². The van der Waals surface area contributed by atoms with Crippen molar-refractivity contribution in [2.75, 3.05) is 11.9 Å². The number of aryl methyl sites for hydroxylation is 2. The van der Waals surface area contributed by atoms with Crippen molar-refractivity contribution in [3.8, 4) is 5.75 Å². The van der Waals surface area contributed by atoms with Gasteiger partial charge in [0.25, 0.3) is 5.91 Å². The van der Waals surface area contributed by atoms with Gasteiger partial charge in [0.15, 0.2) is 6.61 Å². The fourth-order valence-corrected chi connectivity index (χ4v) is 2.58. The van der Waals surface area contributed by atoms with Gasteiger partial charge in [-0.15, -0.1) is 0 Å². The molecule has 0 aliphatic heterocycles. The van der Waals surface area contributed by atoms with E-state index in [1.165, 1.54) is 0 Å². The second-order valence-electron chi connectivity index (χ2n) is 5.54. The Balaban J connectivity index is 1.68. The molecule has 0 aliphatic carbocycles. The van der Waals surface area contributed by atoms with Gasteiger partial charge in [0, 0.05) is 17.3 Å².